The van der Waals surface area contributed by atoms with Crippen molar-refractivity contribution in [1.29, 1.82) is 0 Å². The van der Waals surface area contributed by atoms with E-state index < -0.39 is 6.04 Å². The van der Waals surface area contributed by atoms with E-state index in [1.807, 2.05) is 6.92 Å². The molecule has 1 unspecified atom stereocenters. The smallest absolute Gasteiger partial charge is 0.275 e. The predicted octanol–water partition coefficient (Wildman–Crippen LogP) is 3.48. The van der Waals surface area contributed by atoms with Gasteiger partial charge in [-0.1, -0.05) is 27.7 Å². The van der Waals surface area contributed by atoms with Gasteiger partial charge in [0.25, 0.3) is 5.56 Å². The minimum Gasteiger partial charge on any atom is -0.381 e. The van der Waals surface area contributed by atoms with E-state index in [4.69, 9.17) is 4.74 Å². The minimum absolute atomic E-state index is 0.0243. The summed E-state index contributed by atoms with van der Waals surface area (Å²) in [6, 6.07) is -0.400. The Morgan fingerprint density at radius 1 is 1.14 bits per heavy atom. The first-order valence-corrected chi connectivity index (χ1v) is 11.1. The van der Waals surface area contributed by atoms with Gasteiger partial charge in [0.1, 0.15) is 5.82 Å². The second-order valence-electron chi connectivity index (χ2n) is 9.70. The summed E-state index contributed by atoms with van der Waals surface area (Å²) in [5.41, 5.74) is 0.354. The highest BCUT2D eigenvalue weighted by molar-refractivity contribution is 5.79. The number of carbonyl (C=O) groups is 1. The maximum atomic E-state index is 12.8. The molecule has 2 fully saturated rings. The van der Waals surface area contributed by atoms with Gasteiger partial charge in [-0.2, -0.15) is 0 Å². The monoisotopic (exact) mass is 404 g/mol. The third kappa shape index (κ3) is 5.44. The van der Waals surface area contributed by atoms with Crippen LogP contribution in [0.2, 0.25) is 0 Å². The van der Waals surface area contributed by atoms with Crippen molar-refractivity contribution in [1.82, 2.24) is 20.5 Å². The molecule has 2 heterocycles. The van der Waals surface area contributed by atoms with Crippen molar-refractivity contribution in [3.05, 3.63) is 21.9 Å². The molecule has 0 radical (unpaired) electrons. The zero-order chi connectivity index (χ0) is 21.0. The lowest BCUT2D eigenvalue weighted by atomic mass is 9.69. The number of amides is 1. The number of H-pyrrole nitrogens is 1. The van der Waals surface area contributed by atoms with Gasteiger partial charge in [-0.25, -0.2) is 0 Å². The van der Waals surface area contributed by atoms with Crippen molar-refractivity contribution in [2.45, 2.75) is 84.6 Å². The second-order valence-corrected chi connectivity index (χ2v) is 9.70. The molecule has 29 heavy (non-hydrogen) atoms. The van der Waals surface area contributed by atoms with Crippen LogP contribution in [0.15, 0.2) is 4.79 Å². The highest BCUT2D eigenvalue weighted by Gasteiger charge is 2.33. The Kier molecular flexibility index (Phi) is 7.09. The van der Waals surface area contributed by atoms with Gasteiger partial charge in [-0.15, -0.1) is 10.2 Å². The number of hydrogen-bond acceptors (Lipinski definition) is 5. The lowest BCUT2D eigenvalue weighted by molar-refractivity contribution is -0.127. The molecule has 1 atom stereocenters. The number of carbonyl (C=O) groups excluding carboxylic acids is 1. The van der Waals surface area contributed by atoms with Gasteiger partial charge >= 0.3 is 0 Å². The van der Waals surface area contributed by atoms with Crippen molar-refractivity contribution < 1.29 is 9.53 Å². The Bertz CT molecular complexity index is 741. The van der Waals surface area contributed by atoms with Crippen LogP contribution in [0.1, 0.15) is 96.1 Å². The molecule has 1 aliphatic carbocycles. The Hall–Kier alpha value is -1.76. The van der Waals surface area contributed by atoms with Crippen LogP contribution in [0, 0.1) is 17.3 Å². The fraction of sp³-hybridized carbons (Fsp3) is 0.818. The standard InChI is InChI=1S/C22H36N4O3/c1-5-17(23-20(27)15-6-8-16(9-7-15)22(2,3)4)18-21(28)24-19(26-25-18)14-10-12-29-13-11-14/h14-17H,5-13H2,1-4H3,(H,23,27)(H,24,26,28). The maximum Gasteiger partial charge on any atom is 0.275 e. The molecule has 1 saturated carbocycles. The van der Waals surface area contributed by atoms with Gasteiger partial charge in [0.05, 0.1) is 6.04 Å². The quantitative estimate of drug-likeness (QED) is 0.783. The van der Waals surface area contributed by atoms with Crippen LogP contribution in [-0.2, 0) is 9.53 Å². The van der Waals surface area contributed by atoms with Gasteiger partial charge in [-0.05, 0) is 56.3 Å². The van der Waals surface area contributed by atoms with E-state index in [9.17, 15) is 9.59 Å². The molecule has 162 valence electrons. The molecule has 0 aromatic carbocycles. The summed E-state index contributed by atoms with van der Waals surface area (Å²) in [6.07, 6.45) is 6.28. The van der Waals surface area contributed by atoms with Gasteiger partial charge in [0.15, 0.2) is 5.69 Å². The minimum atomic E-state index is -0.400. The summed E-state index contributed by atoms with van der Waals surface area (Å²) in [5.74, 6) is 1.55. The van der Waals surface area contributed by atoms with Gasteiger partial charge < -0.3 is 15.0 Å². The molecule has 2 N–H and O–H groups in total. The van der Waals surface area contributed by atoms with Gasteiger partial charge in [0.2, 0.25) is 5.91 Å². The van der Waals surface area contributed by atoms with E-state index in [-0.39, 0.29) is 23.3 Å². The first-order valence-electron chi connectivity index (χ1n) is 11.1. The average molecular weight is 405 g/mol. The zero-order valence-corrected chi connectivity index (χ0v) is 18.3. The van der Waals surface area contributed by atoms with Crippen molar-refractivity contribution in [3.8, 4) is 0 Å². The molecular formula is C22H36N4O3. The van der Waals surface area contributed by atoms with E-state index in [2.05, 4.69) is 41.3 Å². The predicted molar refractivity (Wildman–Crippen MR) is 112 cm³/mol. The fourth-order valence-electron chi connectivity index (χ4n) is 4.62. The summed E-state index contributed by atoms with van der Waals surface area (Å²) < 4.78 is 5.37. The molecule has 1 saturated heterocycles. The van der Waals surface area contributed by atoms with Crippen molar-refractivity contribution in [2.24, 2.45) is 17.3 Å². The first kappa shape index (κ1) is 21.9. The third-order valence-electron chi connectivity index (χ3n) is 6.73. The topological polar surface area (TPSA) is 97.0 Å². The lowest BCUT2D eigenvalue weighted by Gasteiger charge is -2.36. The van der Waals surface area contributed by atoms with E-state index in [1.54, 1.807) is 0 Å². The highest BCUT2D eigenvalue weighted by atomic mass is 16.5. The first-order chi connectivity index (χ1) is 13.8. The number of ether oxygens (including phenoxy) is 1. The van der Waals surface area contributed by atoms with Crippen LogP contribution in [-0.4, -0.2) is 34.3 Å². The zero-order valence-electron chi connectivity index (χ0n) is 18.3. The van der Waals surface area contributed by atoms with Crippen LogP contribution in [0.5, 0.6) is 0 Å². The average Bonchev–Trinajstić information content (AvgIpc) is 2.72. The molecular weight excluding hydrogens is 368 g/mol. The van der Waals surface area contributed by atoms with E-state index in [1.165, 1.54) is 0 Å². The van der Waals surface area contributed by atoms with E-state index >= 15 is 0 Å². The summed E-state index contributed by atoms with van der Waals surface area (Å²) in [5, 5.41) is 11.6. The number of nitrogens with zero attached hydrogens (tertiary/aromatic N) is 2. The van der Waals surface area contributed by atoms with Crippen LogP contribution in [0.3, 0.4) is 0 Å². The number of aromatic nitrogens is 3. The second kappa shape index (κ2) is 9.37. The number of aromatic amines is 1. The fourth-order valence-corrected chi connectivity index (χ4v) is 4.62. The number of hydrogen-bond donors (Lipinski definition) is 2. The Balaban J connectivity index is 1.62. The third-order valence-corrected chi connectivity index (χ3v) is 6.73. The summed E-state index contributed by atoms with van der Waals surface area (Å²) in [6.45, 7) is 10.2. The summed E-state index contributed by atoms with van der Waals surface area (Å²) in [7, 11) is 0. The molecule has 0 bridgehead atoms. The molecule has 0 spiro atoms. The molecule has 7 nitrogen and oxygen atoms in total. The Morgan fingerprint density at radius 2 is 1.79 bits per heavy atom. The SMILES string of the molecule is CCC(NC(=O)C1CCC(C(C)(C)C)CC1)c1nnc(C2CCOCC2)[nH]c1=O. The molecule has 1 aromatic rings. The molecule has 1 aliphatic heterocycles. The lowest BCUT2D eigenvalue weighted by Crippen LogP contribution is -2.39. The normalized spacial score (nSPS) is 24.8. The molecule has 2 aliphatic rings. The van der Waals surface area contributed by atoms with Crippen molar-refractivity contribution >= 4 is 5.91 Å². The van der Waals surface area contributed by atoms with E-state index in [0.29, 0.717) is 42.5 Å². The Labute approximate surface area is 173 Å². The summed E-state index contributed by atoms with van der Waals surface area (Å²) >= 11 is 0. The van der Waals surface area contributed by atoms with E-state index in [0.717, 1.165) is 38.5 Å². The van der Waals surface area contributed by atoms with Crippen LogP contribution in [0.25, 0.3) is 0 Å². The molecule has 1 amide bonds. The van der Waals surface area contributed by atoms with Gasteiger partial charge in [-0.3, -0.25) is 9.59 Å². The summed E-state index contributed by atoms with van der Waals surface area (Å²) in [4.78, 5) is 28.4. The highest BCUT2D eigenvalue weighted by Crippen LogP contribution is 2.40. The molecule has 7 heteroatoms. The maximum absolute atomic E-state index is 12.8. The van der Waals surface area contributed by atoms with Crippen LogP contribution < -0.4 is 10.9 Å². The van der Waals surface area contributed by atoms with Crippen LogP contribution in [0.4, 0.5) is 0 Å². The van der Waals surface area contributed by atoms with Crippen LogP contribution >= 0.6 is 0 Å². The van der Waals surface area contributed by atoms with Crippen molar-refractivity contribution in [3.63, 3.8) is 0 Å². The largest absolute Gasteiger partial charge is 0.381 e. The van der Waals surface area contributed by atoms with Gasteiger partial charge in [0, 0.05) is 25.0 Å². The Morgan fingerprint density at radius 3 is 2.34 bits per heavy atom. The number of rotatable bonds is 5. The van der Waals surface area contributed by atoms with Crippen molar-refractivity contribution in [2.75, 3.05) is 13.2 Å². The molecule has 3 rings (SSSR count). The molecule has 1 aromatic heterocycles. The number of nitrogens with one attached hydrogen (secondary N) is 2.